The van der Waals surface area contributed by atoms with E-state index in [1.165, 1.54) is 23.5 Å². The van der Waals surface area contributed by atoms with Gasteiger partial charge in [0.1, 0.15) is 0 Å². The van der Waals surface area contributed by atoms with E-state index in [0.717, 1.165) is 11.1 Å². The number of thioether (sulfide) groups is 2. The topological polar surface area (TPSA) is 83.1 Å². The van der Waals surface area contributed by atoms with Crippen LogP contribution in [0, 0.1) is 24.7 Å². The predicted octanol–water partition coefficient (Wildman–Crippen LogP) is 2.71. The van der Waals surface area contributed by atoms with Gasteiger partial charge >= 0.3 is 0 Å². The van der Waals surface area contributed by atoms with Crippen LogP contribution < -0.4 is 0 Å². The van der Waals surface area contributed by atoms with E-state index in [-0.39, 0.29) is 0 Å². The van der Waals surface area contributed by atoms with Gasteiger partial charge in [-0.05, 0) is 0 Å². The number of terminal acetylenes is 2. The van der Waals surface area contributed by atoms with Crippen molar-refractivity contribution in [1.82, 2.24) is 30.4 Å². The van der Waals surface area contributed by atoms with Crippen LogP contribution in [0.1, 0.15) is 0 Å². The van der Waals surface area contributed by atoms with Crippen molar-refractivity contribution in [1.29, 1.82) is 0 Å². The van der Waals surface area contributed by atoms with Crippen molar-refractivity contribution < 1.29 is 0 Å². The van der Waals surface area contributed by atoms with Crippen LogP contribution in [0.3, 0.4) is 0 Å². The van der Waals surface area contributed by atoms with Gasteiger partial charge in [-0.2, -0.15) is 0 Å². The standard InChI is InChI=1S/C16H12N6S2/c1-3-9-23-15-17-13(19-21-15)11-5-7-12(8-6-11)14-18-16(22-20-14)24-10-4-2/h1-2,5-8H,9-10H2,(H,17,19,21)(H,18,20,22). The fourth-order valence-corrected chi connectivity index (χ4v) is 2.84. The zero-order valence-corrected chi connectivity index (χ0v) is 14.1. The molecule has 0 aliphatic heterocycles. The van der Waals surface area contributed by atoms with E-state index in [4.69, 9.17) is 12.8 Å². The Kier molecular flexibility index (Phi) is 5.22. The maximum absolute atomic E-state index is 5.23. The molecule has 2 N–H and O–H groups in total. The van der Waals surface area contributed by atoms with Gasteiger partial charge in [-0.3, -0.25) is 10.2 Å². The van der Waals surface area contributed by atoms with Crippen LogP contribution in [-0.2, 0) is 0 Å². The number of rotatable bonds is 6. The minimum atomic E-state index is 0.543. The summed E-state index contributed by atoms with van der Waals surface area (Å²) >= 11 is 2.83. The lowest BCUT2D eigenvalue weighted by molar-refractivity contribution is 0.975. The van der Waals surface area contributed by atoms with Crippen LogP contribution >= 0.6 is 23.5 Å². The van der Waals surface area contributed by atoms with E-state index in [0.29, 0.717) is 33.5 Å². The highest BCUT2D eigenvalue weighted by Gasteiger charge is 2.09. The molecule has 3 rings (SSSR count). The zero-order valence-electron chi connectivity index (χ0n) is 12.5. The molecule has 0 spiro atoms. The van der Waals surface area contributed by atoms with Crippen molar-refractivity contribution in [3.8, 4) is 47.5 Å². The van der Waals surface area contributed by atoms with Gasteiger partial charge in [0.25, 0.3) is 0 Å². The van der Waals surface area contributed by atoms with Crippen molar-refractivity contribution in [3.63, 3.8) is 0 Å². The number of nitrogens with one attached hydrogen (secondary N) is 2. The first kappa shape index (κ1) is 16.2. The molecule has 2 aromatic heterocycles. The normalized spacial score (nSPS) is 10.2. The summed E-state index contributed by atoms with van der Waals surface area (Å²) in [6, 6.07) is 7.79. The van der Waals surface area contributed by atoms with E-state index in [1.807, 2.05) is 24.3 Å². The average Bonchev–Trinajstić information content (AvgIpc) is 3.28. The number of hydrogen-bond acceptors (Lipinski definition) is 6. The predicted molar refractivity (Wildman–Crippen MR) is 96.3 cm³/mol. The second-order valence-corrected chi connectivity index (χ2v) is 6.38. The highest BCUT2D eigenvalue weighted by Crippen LogP contribution is 2.23. The Balaban J connectivity index is 1.73. The van der Waals surface area contributed by atoms with Crippen LogP contribution in [0.2, 0.25) is 0 Å². The minimum absolute atomic E-state index is 0.543. The summed E-state index contributed by atoms with van der Waals surface area (Å²) in [5, 5.41) is 15.3. The maximum atomic E-state index is 5.23. The lowest BCUT2D eigenvalue weighted by Crippen LogP contribution is -1.84. The molecule has 0 aliphatic rings. The Bertz CT molecular complexity index is 823. The quantitative estimate of drug-likeness (QED) is 0.524. The molecule has 1 aromatic carbocycles. The first-order valence-electron chi connectivity index (χ1n) is 6.88. The molecule has 24 heavy (non-hydrogen) atoms. The second-order valence-electron chi connectivity index (χ2n) is 4.50. The molecular formula is C16H12N6S2. The largest absolute Gasteiger partial charge is 0.258 e. The average molecular weight is 352 g/mol. The molecular weight excluding hydrogens is 340 g/mol. The summed E-state index contributed by atoms with van der Waals surface area (Å²) in [6.45, 7) is 0. The van der Waals surface area contributed by atoms with Crippen molar-refractivity contribution in [2.45, 2.75) is 10.3 Å². The number of nitrogens with zero attached hydrogens (tertiary/aromatic N) is 4. The van der Waals surface area contributed by atoms with Crippen LogP contribution in [0.15, 0.2) is 34.6 Å². The number of H-pyrrole nitrogens is 2. The third kappa shape index (κ3) is 3.80. The Labute approximate surface area is 147 Å². The molecule has 0 saturated carbocycles. The van der Waals surface area contributed by atoms with Gasteiger partial charge in [0.05, 0.1) is 11.5 Å². The van der Waals surface area contributed by atoms with Gasteiger partial charge in [0.15, 0.2) is 11.6 Å². The minimum Gasteiger partial charge on any atom is -0.258 e. The van der Waals surface area contributed by atoms with Crippen LogP contribution in [0.25, 0.3) is 22.8 Å². The highest BCUT2D eigenvalue weighted by atomic mass is 32.2. The molecule has 0 amide bonds. The van der Waals surface area contributed by atoms with Crippen molar-refractivity contribution in [3.05, 3.63) is 24.3 Å². The van der Waals surface area contributed by atoms with Crippen molar-refractivity contribution in [2.24, 2.45) is 0 Å². The van der Waals surface area contributed by atoms with Crippen LogP contribution in [0.4, 0.5) is 0 Å². The molecule has 8 heteroatoms. The van der Waals surface area contributed by atoms with Gasteiger partial charge in [-0.1, -0.05) is 59.6 Å². The van der Waals surface area contributed by atoms with E-state index < -0.39 is 0 Å². The monoisotopic (exact) mass is 352 g/mol. The van der Waals surface area contributed by atoms with Gasteiger partial charge in [0.2, 0.25) is 10.3 Å². The first-order valence-corrected chi connectivity index (χ1v) is 8.85. The molecule has 0 unspecified atom stereocenters. The first-order chi connectivity index (χ1) is 11.8. The van der Waals surface area contributed by atoms with E-state index in [1.54, 1.807) is 0 Å². The van der Waals surface area contributed by atoms with Gasteiger partial charge in [0, 0.05) is 11.1 Å². The molecule has 0 bridgehead atoms. The maximum Gasteiger partial charge on any atom is 0.209 e. The molecule has 0 aliphatic carbocycles. The van der Waals surface area contributed by atoms with E-state index >= 15 is 0 Å². The Morgan fingerprint density at radius 2 is 1.21 bits per heavy atom. The summed E-state index contributed by atoms with van der Waals surface area (Å²) in [6.07, 6.45) is 10.5. The fourth-order valence-electron chi connectivity index (χ4n) is 1.88. The fraction of sp³-hybridized carbons (Fsp3) is 0.125. The summed E-state index contributed by atoms with van der Waals surface area (Å²) in [7, 11) is 0. The van der Waals surface area contributed by atoms with Gasteiger partial charge < -0.3 is 0 Å². The summed E-state index contributed by atoms with van der Waals surface area (Å²) in [5.41, 5.74) is 1.86. The van der Waals surface area contributed by atoms with E-state index in [9.17, 15) is 0 Å². The summed E-state index contributed by atoms with van der Waals surface area (Å²) in [5.74, 6) is 7.57. The van der Waals surface area contributed by atoms with Crippen LogP contribution in [0.5, 0.6) is 0 Å². The lowest BCUT2D eigenvalue weighted by Gasteiger charge is -1.98. The third-order valence-electron chi connectivity index (χ3n) is 2.93. The lowest BCUT2D eigenvalue weighted by atomic mass is 10.1. The summed E-state index contributed by atoms with van der Waals surface area (Å²) in [4.78, 5) is 8.80. The number of aromatic amines is 2. The molecule has 118 valence electrons. The molecule has 0 fully saturated rings. The smallest absolute Gasteiger partial charge is 0.209 e. The third-order valence-corrected chi connectivity index (χ3v) is 4.43. The molecule has 3 aromatic rings. The van der Waals surface area contributed by atoms with Crippen molar-refractivity contribution >= 4 is 23.5 Å². The van der Waals surface area contributed by atoms with Crippen molar-refractivity contribution in [2.75, 3.05) is 11.5 Å². The number of aromatic nitrogens is 6. The second kappa shape index (κ2) is 7.73. The zero-order chi connectivity index (χ0) is 16.8. The van der Waals surface area contributed by atoms with E-state index in [2.05, 4.69) is 42.2 Å². The summed E-state index contributed by atoms with van der Waals surface area (Å²) < 4.78 is 0. The Hall–Kier alpha value is -2.68. The highest BCUT2D eigenvalue weighted by molar-refractivity contribution is 7.99. The molecule has 2 heterocycles. The molecule has 0 saturated heterocycles. The number of hydrogen-bond donors (Lipinski definition) is 2. The SMILES string of the molecule is C#CCSc1n[nH]c(-c2ccc(-c3nc(SCC#C)n[nH]3)cc2)n1. The van der Waals surface area contributed by atoms with Gasteiger partial charge in [-0.25, -0.2) is 9.97 Å². The van der Waals surface area contributed by atoms with Crippen LogP contribution in [-0.4, -0.2) is 41.9 Å². The molecule has 0 atom stereocenters. The van der Waals surface area contributed by atoms with Gasteiger partial charge in [-0.15, -0.1) is 23.0 Å². The molecule has 6 nitrogen and oxygen atoms in total. The molecule has 0 radical (unpaired) electrons. The number of benzene rings is 1. The Morgan fingerprint density at radius 3 is 1.58 bits per heavy atom. The Morgan fingerprint density at radius 1 is 0.792 bits per heavy atom.